The molecule has 1 aromatic carbocycles. The fraction of sp³-hybridized carbons (Fsp3) is 0.300. The molecule has 1 aromatic rings. The number of anilines is 1. The molecule has 82 valence electrons. The van der Waals surface area contributed by atoms with Crippen LogP contribution in [0.25, 0.3) is 0 Å². The van der Waals surface area contributed by atoms with Gasteiger partial charge in [-0.15, -0.1) is 0 Å². The van der Waals surface area contributed by atoms with E-state index in [0.717, 1.165) is 0 Å². The first kappa shape index (κ1) is 11.4. The molecule has 0 saturated heterocycles. The van der Waals surface area contributed by atoms with Crippen molar-refractivity contribution in [3.63, 3.8) is 0 Å². The summed E-state index contributed by atoms with van der Waals surface area (Å²) in [5, 5.41) is 2.07. The Bertz CT molecular complexity index is 342. The van der Waals surface area contributed by atoms with Crippen LogP contribution in [0.4, 0.5) is 14.5 Å². The van der Waals surface area contributed by atoms with Crippen LogP contribution in [0.1, 0.15) is 6.92 Å². The van der Waals surface area contributed by atoms with E-state index < -0.39 is 12.3 Å². The Labute approximate surface area is 86.0 Å². The molecule has 0 aromatic heterocycles. The topological polar surface area (TPSA) is 38.3 Å². The largest absolute Gasteiger partial charge is 0.494 e. The first-order valence-corrected chi connectivity index (χ1v) is 4.45. The maximum Gasteiger partial charge on any atom is 0.315 e. The molecule has 3 nitrogen and oxygen atoms in total. The summed E-state index contributed by atoms with van der Waals surface area (Å²) in [6.45, 7) is 2.29. The van der Waals surface area contributed by atoms with E-state index >= 15 is 0 Å². The lowest BCUT2D eigenvalue weighted by Crippen LogP contribution is -2.19. The molecule has 0 atom stereocenters. The molecule has 1 rings (SSSR count). The van der Waals surface area contributed by atoms with Gasteiger partial charge in [0.25, 0.3) is 5.91 Å². The third-order valence-electron chi connectivity index (χ3n) is 1.61. The van der Waals surface area contributed by atoms with Gasteiger partial charge in [0.05, 0.1) is 6.61 Å². The Hall–Kier alpha value is -1.65. The van der Waals surface area contributed by atoms with Crippen molar-refractivity contribution >= 4 is 11.6 Å². The van der Waals surface area contributed by atoms with Crippen molar-refractivity contribution in [3.8, 4) is 5.75 Å². The van der Waals surface area contributed by atoms with Crippen molar-refractivity contribution < 1.29 is 18.3 Å². The Balaban J connectivity index is 2.69. The summed E-state index contributed by atoms with van der Waals surface area (Å²) in [5.41, 5.74) is 0.297. The molecule has 0 fully saturated rings. The van der Waals surface area contributed by atoms with Crippen LogP contribution in [0.5, 0.6) is 5.75 Å². The van der Waals surface area contributed by atoms with Gasteiger partial charge in [-0.1, -0.05) is 6.07 Å². The minimum Gasteiger partial charge on any atom is -0.494 e. The van der Waals surface area contributed by atoms with Crippen LogP contribution in [0.3, 0.4) is 0 Å². The molecule has 5 heteroatoms. The van der Waals surface area contributed by atoms with Crippen molar-refractivity contribution in [2.75, 3.05) is 11.9 Å². The molecule has 0 aliphatic rings. The van der Waals surface area contributed by atoms with Gasteiger partial charge >= 0.3 is 6.43 Å². The fourth-order valence-electron chi connectivity index (χ4n) is 1.03. The molecule has 0 aliphatic heterocycles. The zero-order valence-electron chi connectivity index (χ0n) is 8.17. The molecule has 15 heavy (non-hydrogen) atoms. The highest BCUT2D eigenvalue weighted by molar-refractivity contribution is 5.93. The average molecular weight is 215 g/mol. The summed E-state index contributed by atoms with van der Waals surface area (Å²) >= 11 is 0. The van der Waals surface area contributed by atoms with Gasteiger partial charge in [0.2, 0.25) is 0 Å². The van der Waals surface area contributed by atoms with E-state index in [0.29, 0.717) is 18.0 Å². The molecule has 0 radical (unpaired) electrons. The lowest BCUT2D eigenvalue weighted by atomic mass is 10.3. The van der Waals surface area contributed by atoms with Crippen molar-refractivity contribution in [1.29, 1.82) is 0 Å². The number of amides is 1. The average Bonchev–Trinajstić information content (AvgIpc) is 2.18. The van der Waals surface area contributed by atoms with Gasteiger partial charge < -0.3 is 10.1 Å². The fourth-order valence-corrected chi connectivity index (χ4v) is 1.03. The van der Waals surface area contributed by atoms with Gasteiger partial charge in [-0.3, -0.25) is 4.79 Å². The second-order valence-corrected chi connectivity index (χ2v) is 2.75. The highest BCUT2D eigenvalue weighted by atomic mass is 19.3. The normalized spacial score (nSPS) is 10.1. The van der Waals surface area contributed by atoms with Gasteiger partial charge in [-0.05, 0) is 19.1 Å². The van der Waals surface area contributed by atoms with Crippen molar-refractivity contribution in [3.05, 3.63) is 24.3 Å². The number of carbonyl (C=O) groups excluding carboxylic acids is 1. The zero-order chi connectivity index (χ0) is 11.3. The van der Waals surface area contributed by atoms with E-state index in [1.54, 1.807) is 12.1 Å². The Morgan fingerprint density at radius 3 is 2.87 bits per heavy atom. The highest BCUT2D eigenvalue weighted by Crippen LogP contribution is 2.17. The summed E-state index contributed by atoms with van der Waals surface area (Å²) in [6, 6.07) is 6.31. The number of nitrogens with one attached hydrogen (secondary N) is 1. The molecule has 1 amide bonds. The van der Waals surface area contributed by atoms with Crippen molar-refractivity contribution in [1.82, 2.24) is 0 Å². The number of ether oxygens (including phenoxy) is 1. The molecule has 0 saturated carbocycles. The molecular formula is C10H11F2NO2. The number of rotatable bonds is 4. The summed E-state index contributed by atoms with van der Waals surface area (Å²) in [6.07, 6.45) is -3.01. The molecule has 0 spiro atoms. The lowest BCUT2D eigenvalue weighted by Gasteiger charge is -2.07. The van der Waals surface area contributed by atoms with E-state index in [4.69, 9.17) is 4.74 Å². The van der Waals surface area contributed by atoms with E-state index in [2.05, 4.69) is 5.32 Å². The van der Waals surface area contributed by atoms with Crippen LogP contribution in [0.2, 0.25) is 0 Å². The monoisotopic (exact) mass is 215 g/mol. The summed E-state index contributed by atoms with van der Waals surface area (Å²) in [7, 11) is 0. The number of hydrogen-bond donors (Lipinski definition) is 1. The summed E-state index contributed by atoms with van der Waals surface area (Å²) < 4.78 is 29.0. The third-order valence-corrected chi connectivity index (χ3v) is 1.61. The van der Waals surface area contributed by atoms with E-state index in [9.17, 15) is 13.6 Å². The number of alkyl halides is 2. The van der Waals surface area contributed by atoms with Crippen LogP contribution >= 0.6 is 0 Å². The second kappa shape index (κ2) is 5.29. The van der Waals surface area contributed by atoms with E-state index in [1.165, 1.54) is 12.1 Å². The van der Waals surface area contributed by atoms with Crippen LogP contribution in [0.15, 0.2) is 24.3 Å². The summed E-state index contributed by atoms with van der Waals surface area (Å²) in [5.74, 6) is -0.784. The number of hydrogen-bond acceptors (Lipinski definition) is 2. The maximum absolute atomic E-state index is 11.9. The second-order valence-electron chi connectivity index (χ2n) is 2.75. The first-order chi connectivity index (χ1) is 7.13. The van der Waals surface area contributed by atoms with E-state index in [1.807, 2.05) is 6.92 Å². The van der Waals surface area contributed by atoms with Crippen molar-refractivity contribution in [2.24, 2.45) is 0 Å². The Kier molecular flexibility index (Phi) is 4.03. The van der Waals surface area contributed by atoms with Gasteiger partial charge in [-0.25, -0.2) is 0 Å². The molecule has 0 heterocycles. The van der Waals surface area contributed by atoms with Gasteiger partial charge in [0.1, 0.15) is 5.75 Å². The highest BCUT2D eigenvalue weighted by Gasteiger charge is 2.14. The van der Waals surface area contributed by atoms with E-state index in [-0.39, 0.29) is 0 Å². The zero-order valence-corrected chi connectivity index (χ0v) is 8.17. The Morgan fingerprint density at radius 2 is 2.27 bits per heavy atom. The van der Waals surface area contributed by atoms with Gasteiger partial charge in [0, 0.05) is 11.8 Å². The molecule has 0 unspecified atom stereocenters. The Morgan fingerprint density at radius 1 is 1.53 bits per heavy atom. The van der Waals surface area contributed by atoms with Crippen LogP contribution in [0, 0.1) is 0 Å². The van der Waals surface area contributed by atoms with Crippen LogP contribution in [-0.2, 0) is 4.79 Å². The number of carbonyl (C=O) groups is 1. The maximum atomic E-state index is 11.9. The lowest BCUT2D eigenvalue weighted by molar-refractivity contribution is -0.126. The minimum absolute atomic E-state index is 0.297. The third kappa shape index (κ3) is 3.53. The van der Waals surface area contributed by atoms with Crippen LogP contribution in [-0.4, -0.2) is 18.9 Å². The number of halogens is 2. The van der Waals surface area contributed by atoms with Gasteiger partial charge in [-0.2, -0.15) is 8.78 Å². The minimum atomic E-state index is -3.01. The number of benzene rings is 1. The molecule has 1 N–H and O–H groups in total. The molecular weight excluding hydrogens is 204 g/mol. The van der Waals surface area contributed by atoms with Gasteiger partial charge in [0.15, 0.2) is 0 Å². The predicted molar refractivity (Wildman–Crippen MR) is 52.2 cm³/mol. The van der Waals surface area contributed by atoms with Crippen LogP contribution < -0.4 is 10.1 Å². The van der Waals surface area contributed by atoms with Crippen molar-refractivity contribution in [2.45, 2.75) is 13.3 Å². The predicted octanol–water partition coefficient (Wildman–Crippen LogP) is 2.29. The molecule has 0 bridgehead atoms. The smallest absolute Gasteiger partial charge is 0.315 e. The summed E-state index contributed by atoms with van der Waals surface area (Å²) in [4.78, 5) is 10.7. The quantitative estimate of drug-likeness (QED) is 0.836. The first-order valence-electron chi connectivity index (χ1n) is 4.45. The standard InChI is InChI=1S/C10H11F2NO2/c1-2-15-8-5-3-4-7(6-8)13-10(14)9(11)12/h3-6,9H,2H2,1H3,(H,13,14). The SMILES string of the molecule is CCOc1cccc(NC(=O)C(F)F)c1. The molecule has 0 aliphatic carbocycles.